The summed E-state index contributed by atoms with van der Waals surface area (Å²) in [7, 11) is 0. The van der Waals surface area contributed by atoms with Crippen LogP contribution >= 0.6 is 0 Å². The van der Waals surface area contributed by atoms with E-state index in [4.69, 9.17) is 9.97 Å². The van der Waals surface area contributed by atoms with Crippen LogP contribution in [0.3, 0.4) is 0 Å². The number of benzene rings is 2. The molecule has 5 aliphatic rings. The first-order valence-electron chi connectivity index (χ1n) is 16.7. The predicted molar refractivity (Wildman–Crippen MR) is 192 cm³/mol. The van der Waals surface area contributed by atoms with Crippen molar-refractivity contribution in [2.45, 2.75) is 25.7 Å². The zero-order valence-electron chi connectivity index (χ0n) is 26.4. The Labute approximate surface area is 276 Å². The summed E-state index contributed by atoms with van der Waals surface area (Å²) in [5.41, 5.74) is 12.7. The molecule has 0 spiro atoms. The minimum Gasteiger partial charge on any atom is -0.256 e. The standard InChI is InChI=1S/C44H35N3/c1-44-24-10-8-18-39(44)36-17-7-6-16-35(36)38(28-44)42-27-41(37-26-31-12-2-3-13-32(31)33-14-4-5-15-34(33)37)46-43(47-42)30-22-20-29(21-23-30)40-19-9-11-25-45-40/h2-4,6-14,16-28,31-32,39H,5,15H2,1H3/t31?,32?,39?,44-/m1/s1. The van der Waals surface area contributed by atoms with Crippen LogP contribution in [0.1, 0.15) is 48.2 Å². The summed E-state index contributed by atoms with van der Waals surface area (Å²) >= 11 is 0. The van der Waals surface area contributed by atoms with E-state index >= 15 is 0 Å². The molecular weight excluding hydrogens is 571 g/mol. The van der Waals surface area contributed by atoms with Gasteiger partial charge in [-0.25, -0.2) is 9.97 Å². The molecular formula is C44H35N3. The normalized spacial score (nSPS) is 25.0. The summed E-state index contributed by atoms with van der Waals surface area (Å²) in [6.07, 6.45) is 31.6. The Morgan fingerprint density at radius 3 is 2.40 bits per heavy atom. The fourth-order valence-corrected chi connectivity index (χ4v) is 8.03. The van der Waals surface area contributed by atoms with Crippen LogP contribution in [0.25, 0.3) is 33.8 Å². The maximum absolute atomic E-state index is 5.36. The van der Waals surface area contributed by atoms with Crippen LogP contribution in [0.4, 0.5) is 0 Å². The van der Waals surface area contributed by atoms with E-state index in [0.717, 1.165) is 46.9 Å². The molecule has 2 aromatic heterocycles. The number of allylic oxidation sites excluding steroid dienone is 15. The van der Waals surface area contributed by atoms with Gasteiger partial charge in [0.2, 0.25) is 0 Å². The minimum atomic E-state index is -0.144. The van der Waals surface area contributed by atoms with Gasteiger partial charge >= 0.3 is 0 Å². The molecule has 3 nitrogen and oxygen atoms in total. The van der Waals surface area contributed by atoms with E-state index in [2.05, 4.69) is 139 Å². The maximum Gasteiger partial charge on any atom is 0.160 e. The van der Waals surface area contributed by atoms with Gasteiger partial charge in [-0.1, -0.05) is 134 Å². The molecule has 2 heterocycles. The molecule has 3 unspecified atom stereocenters. The lowest BCUT2D eigenvalue weighted by molar-refractivity contribution is 0.478. The zero-order chi connectivity index (χ0) is 31.4. The number of hydrogen-bond acceptors (Lipinski definition) is 3. The lowest BCUT2D eigenvalue weighted by atomic mass is 9.64. The summed E-state index contributed by atoms with van der Waals surface area (Å²) in [5.74, 6) is 1.72. The SMILES string of the molecule is C[C@]12C=CC=CC1c1ccccc1C(c1cc(C3=CC4C=CC=CC4C4=C3CCC=C4)nc(-c3ccc(-c4ccccn4)cc3)n1)=C2. The highest BCUT2D eigenvalue weighted by Gasteiger charge is 2.38. The molecule has 4 atom stereocenters. The Morgan fingerprint density at radius 1 is 0.745 bits per heavy atom. The second-order valence-corrected chi connectivity index (χ2v) is 13.3. The molecule has 226 valence electrons. The van der Waals surface area contributed by atoms with Gasteiger partial charge in [-0.2, -0.15) is 0 Å². The van der Waals surface area contributed by atoms with Crippen molar-refractivity contribution in [1.29, 1.82) is 0 Å². The molecule has 0 N–H and O–H groups in total. The first-order chi connectivity index (χ1) is 23.1. The van der Waals surface area contributed by atoms with Gasteiger partial charge in [0.15, 0.2) is 5.82 Å². The van der Waals surface area contributed by atoms with Gasteiger partial charge < -0.3 is 0 Å². The predicted octanol–water partition coefficient (Wildman–Crippen LogP) is 10.3. The third kappa shape index (κ3) is 4.77. The molecule has 3 heteroatoms. The summed E-state index contributed by atoms with van der Waals surface area (Å²) in [4.78, 5) is 15.3. The first kappa shape index (κ1) is 27.9. The fraction of sp³-hybridized carbons (Fsp3) is 0.159. The van der Waals surface area contributed by atoms with Crippen LogP contribution in [-0.2, 0) is 0 Å². The van der Waals surface area contributed by atoms with E-state index in [0.29, 0.717) is 17.8 Å². The van der Waals surface area contributed by atoms with Gasteiger partial charge in [0.05, 0.1) is 17.1 Å². The Kier molecular flexibility index (Phi) is 6.60. The van der Waals surface area contributed by atoms with E-state index in [9.17, 15) is 0 Å². The summed E-state index contributed by atoms with van der Waals surface area (Å²) in [5, 5.41) is 0. The highest BCUT2D eigenvalue weighted by Crippen LogP contribution is 2.51. The monoisotopic (exact) mass is 605 g/mol. The van der Waals surface area contributed by atoms with E-state index in [1.165, 1.54) is 33.4 Å². The van der Waals surface area contributed by atoms with Gasteiger partial charge in [-0.15, -0.1) is 0 Å². The van der Waals surface area contributed by atoms with Crippen LogP contribution in [0, 0.1) is 17.3 Å². The molecule has 0 aliphatic heterocycles. The average molecular weight is 606 g/mol. The van der Waals surface area contributed by atoms with Crippen molar-refractivity contribution in [3.63, 3.8) is 0 Å². The van der Waals surface area contributed by atoms with Crippen LogP contribution in [-0.4, -0.2) is 15.0 Å². The number of aromatic nitrogens is 3. The highest BCUT2D eigenvalue weighted by atomic mass is 14.9. The smallest absolute Gasteiger partial charge is 0.160 e. The molecule has 0 radical (unpaired) electrons. The van der Waals surface area contributed by atoms with Crippen molar-refractivity contribution in [2.24, 2.45) is 17.3 Å². The van der Waals surface area contributed by atoms with Crippen LogP contribution in [0.5, 0.6) is 0 Å². The molecule has 9 rings (SSSR count). The largest absolute Gasteiger partial charge is 0.256 e. The third-order valence-electron chi connectivity index (χ3n) is 10.4. The molecule has 0 saturated carbocycles. The Bertz CT molecular complexity index is 2150. The van der Waals surface area contributed by atoms with E-state index in [1.54, 1.807) is 0 Å². The third-order valence-corrected chi connectivity index (χ3v) is 10.4. The van der Waals surface area contributed by atoms with Crippen LogP contribution < -0.4 is 0 Å². The lowest BCUT2D eigenvalue weighted by Gasteiger charge is -2.39. The highest BCUT2D eigenvalue weighted by molar-refractivity contribution is 5.88. The van der Waals surface area contributed by atoms with E-state index < -0.39 is 0 Å². The molecule has 4 aromatic rings. The molecule has 0 fully saturated rings. The van der Waals surface area contributed by atoms with E-state index in [-0.39, 0.29) is 5.41 Å². The van der Waals surface area contributed by atoms with Crippen LogP contribution in [0.15, 0.2) is 163 Å². The molecule has 2 aromatic carbocycles. The van der Waals surface area contributed by atoms with Crippen molar-refractivity contribution in [3.8, 4) is 22.6 Å². The minimum absolute atomic E-state index is 0.144. The summed E-state index contributed by atoms with van der Waals surface area (Å²) < 4.78 is 0. The fourth-order valence-electron chi connectivity index (χ4n) is 8.03. The second-order valence-electron chi connectivity index (χ2n) is 13.3. The summed E-state index contributed by atoms with van der Waals surface area (Å²) in [6.45, 7) is 2.34. The molecule has 5 aliphatic carbocycles. The Balaban J connectivity index is 1.24. The Morgan fingerprint density at radius 2 is 1.53 bits per heavy atom. The van der Waals surface area contributed by atoms with Crippen molar-refractivity contribution < 1.29 is 0 Å². The van der Waals surface area contributed by atoms with Gasteiger partial charge in [0.1, 0.15) is 0 Å². The van der Waals surface area contributed by atoms with Crippen LogP contribution in [0.2, 0.25) is 0 Å². The molecule has 0 bridgehead atoms. The van der Waals surface area contributed by atoms with Gasteiger partial charge in [-0.05, 0) is 53.3 Å². The molecule has 47 heavy (non-hydrogen) atoms. The quantitative estimate of drug-likeness (QED) is 0.232. The number of rotatable bonds is 4. The van der Waals surface area contributed by atoms with Crippen molar-refractivity contribution in [3.05, 3.63) is 186 Å². The second kappa shape index (κ2) is 11.1. The first-order valence-corrected chi connectivity index (χ1v) is 16.7. The maximum atomic E-state index is 5.36. The number of fused-ring (bicyclic) bond motifs is 5. The summed E-state index contributed by atoms with van der Waals surface area (Å²) in [6, 6.07) is 25.6. The van der Waals surface area contributed by atoms with Gasteiger partial charge in [-0.3, -0.25) is 4.98 Å². The lowest BCUT2D eigenvalue weighted by Crippen LogP contribution is -2.26. The van der Waals surface area contributed by atoms with Crippen molar-refractivity contribution >= 4 is 11.1 Å². The number of nitrogens with zero attached hydrogens (tertiary/aromatic N) is 3. The molecule has 0 amide bonds. The Hall–Kier alpha value is -5.41. The zero-order valence-corrected chi connectivity index (χ0v) is 26.4. The van der Waals surface area contributed by atoms with Crippen molar-refractivity contribution in [2.75, 3.05) is 0 Å². The van der Waals surface area contributed by atoms with Gasteiger partial charge in [0.25, 0.3) is 0 Å². The molecule has 0 saturated heterocycles. The van der Waals surface area contributed by atoms with E-state index in [1.807, 2.05) is 24.4 Å². The number of pyridine rings is 1. The average Bonchev–Trinajstić information content (AvgIpc) is 3.14. The topological polar surface area (TPSA) is 38.7 Å². The van der Waals surface area contributed by atoms with Crippen molar-refractivity contribution in [1.82, 2.24) is 15.0 Å². The number of hydrogen-bond donors (Lipinski definition) is 0. The van der Waals surface area contributed by atoms with Gasteiger partial charge in [0, 0.05) is 51.6 Å².